The van der Waals surface area contributed by atoms with Crippen molar-refractivity contribution < 1.29 is 9.59 Å². The lowest BCUT2D eigenvalue weighted by atomic mass is 9.87. The van der Waals surface area contributed by atoms with Crippen molar-refractivity contribution >= 4 is 11.6 Å². The second-order valence-electron chi connectivity index (χ2n) is 5.31. The Morgan fingerprint density at radius 1 is 0.792 bits per heavy atom. The zero-order valence-corrected chi connectivity index (χ0v) is 12.9. The monoisotopic (exact) mass is 317 g/mol. The molecule has 3 heterocycles. The first kappa shape index (κ1) is 15.7. The molecule has 0 N–H and O–H groups in total. The second kappa shape index (κ2) is 7.37. The van der Waals surface area contributed by atoms with E-state index in [1.54, 1.807) is 55.1 Å². The Labute approximate surface area is 139 Å². The summed E-state index contributed by atoms with van der Waals surface area (Å²) in [5.74, 6) is -0.877. The Kier molecular flexibility index (Phi) is 4.81. The highest BCUT2D eigenvalue weighted by atomic mass is 16.1. The molecule has 3 aromatic heterocycles. The van der Waals surface area contributed by atoms with Crippen molar-refractivity contribution in [2.45, 2.75) is 12.3 Å². The highest BCUT2D eigenvalue weighted by molar-refractivity contribution is 6.05. The van der Waals surface area contributed by atoms with E-state index in [0.717, 1.165) is 0 Å². The largest absolute Gasteiger partial charge is 0.294 e. The van der Waals surface area contributed by atoms with Gasteiger partial charge < -0.3 is 0 Å². The molecule has 0 saturated heterocycles. The number of hydrogen-bond acceptors (Lipinski definition) is 5. The molecule has 0 aliphatic carbocycles. The van der Waals surface area contributed by atoms with Gasteiger partial charge in [0.15, 0.2) is 11.6 Å². The fourth-order valence-corrected chi connectivity index (χ4v) is 2.48. The van der Waals surface area contributed by atoms with Gasteiger partial charge in [-0.25, -0.2) is 0 Å². The minimum absolute atomic E-state index is 0.0606. The van der Waals surface area contributed by atoms with Crippen LogP contribution in [0, 0.1) is 0 Å². The van der Waals surface area contributed by atoms with Gasteiger partial charge in [-0.15, -0.1) is 0 Å². The fraction of sp³-hybridized carbons (Fsp3) is 0.105. The van der Waals surface area contributed by atoms with Crippen LogP contribution in [0.15, 0.2) is 73.6 Å². The number of rotatable bonds is 6. The van der Waals surface area contributed by atoms with Crippen LogP contribution < -0.4 is 0 Å². The molecule has 5 heteroatoms. The number of aromatic nitrogens is 3. The summed E-state index contributed by atoms with van der Waals surface area (Å²) in [6.07, 6.45) is 9.56. The zero-order valence-electron chi connectivity index (χ0n) is 12.9. The van der Waals surface area contributed by atoms with E-state index in [0.29, 0.717) is 16.7 Å². The molecular weight excluding hydrogens is 302 g/mol. The molecular formula is C19H15N3O2. The van der Waals surface area contributed by atoms with Crippen molar-refractivity contribution in [3.05, 3.63) is 90.3 Å². The van der Waals surface area contributed by atoms with Crippen LogP contribution in [-0.4, -0.2) is 26.5 Å². The first-order valence-electron chi connectivity index (χ1n) is 7.53. The maximum absolute atomic E-state index is 12.9. The third-order valence-electron chi connectivity index (χ3n) is 3.72. The zero-order chi connectivity index (χ0) is 16.8. The van der Waals surface area contributed by atoms with E-state index in [2.05, 4.69) is 15.0 Å². The van der Waals surface area contributed by atoms with Gasteiger partial charge in [0.2, 0.25) is 0 Å². The summed E-state index contributed by atoms with van der Waals surface area (Å²) >= 11 is 0. The molecule has 0 spiro atoms. The van der Waals surface area contributed by atoms with Crippen LogP contribution in [0.3, 0.4) is 0 Å². The van der Waals surface area contributed by atoms with Crippen molar-refractivity contribution in [1.29, 1.82) is 0 Å². The third kappa shape index (κ3) is 3.57. The van der Waals surface area contributed by atoms with E-state index in [9.17, 15) is 9.59 Å². The topological polar surface area (TPSA) is 72.8 Å². The number of ketones is 2. The summed E-state index contributed by atoms with van der Waals surface area (Å²) in [4.78, 5) is 37.4. The fourth-order valence-electron chi connectivity index (χ4n) is 2.48. The predicted octanol–water partition coefficient (Wildman–Crippen LogP) is 3.11. The molecule has 0 fully saturated rings. The van der Waals surface area contributed by atoms with Gasteiger partial charge in [0.1, 0.15) is 0 Å². The standard InChI is InChI=1S/C19H15N3O2/c23-18(15-5-2-8-21-12-15)10-17(14-4-1-7-20-11-14)19(24)16-6-3-9-22-13-16/h1-9,11-13,17H,10H2. The molecule has 1 unspecified atom stereocenters. The highest BCUT2D eigenvalue weighted by Gasteiger charge is 2.25. The Bertz CT molecular complexity index is 821. The summed E-state index contributed by atoms with van der Waals surface area (Å²) in [6.45, 7) is 0. The molecule has 0 aliphatic heterocycles. The van der Waals surface area contributed by atoms with Gasteiger partial charge in [-0.2, -0.15) is 0 Å². The van der Waals surface area contributed by atoms with Gasteiger partial charge in [0.25, 0.3) is 0 Å². The van der Waals surface area contributed by atoms with Gasteiger partial charge in [0.05, 0.1) is 5.92 Å². The van der Waals surface area contributed by atoms with Gasteiger partial charge in [-0.3, -0.25) is 24.5 Å². The van der Waals surface area contributed by atoms with Crippen LogP contribution in [0.5, 0.6) is 0 Å². The molecule has 0 saturated carbocycles. The van der Waals surface area contributed by atoms with E-state index >= 15 is 0 Å². The van der Waals surface area contributed by atoms with Crippen LogP contribution in [0.25, 0.3) is 0 Å². The Hall–Kier alpha value is -3.21. The first-order valence-corrected chi connectivity index (χ1v) is 7.53. The Balaban J connectivity index is 1.91. The molecule has 24 heavy (non-hydrogen) atoms. The third-order valence-corrected chi connectivity index (χ3v) is 3.72. The van der Waals surface area contributed by atoms with Crippen molar-refractivity contribution in [1.82, 2.24) is 15.0 Å². The molecule has 0 amide bonds. The Morgan fingerprint density at radius 3 is 1.92 bits per heavy atom. The lowest BCUT2D eigenvalue weighted by Crippen LogP contribution is -2.18. The maximum atomic E-state index is 12.9. The number of nitrogens with zero attached hydrogens (tertiary/aromatic N) is 3. The summed E-state index contributed by atoms with van der Waals surface area (Å²) < 4.78 is 0. The molecule has 3 aromatic rings. The van der Waals surface area contributed by atoms with E-state index in [-0.39, 0.29) is 18.0 Å². The first-order chi connectivity index (χ1) is 11.8. The summed E-state index contributed by atoms with van der Waals surface area (Å²) in [6, 6.07) is 10.4. The minimum Gasteiger partial charge on any atom is -0.294 e. The average molecular weight is 317 g/mol. The van der Waals surface area contributed by atoms with E-state index < -0.39 is 5.92 Å². The average Bonchev–Trinajstić information content (AvgIpc) is 2.67. The molecule has 1 atom stereocenters. The molecule has 0 aromatic carbocycles. The number of hydrogen-bond donors (Lipinski definition) is 0. The van der Waals surface area contributed by atoms with Crippen LogP contribution in [-0.2, 0) is 0 Å². The molecule has 3 rings (SSSR count). The van der Waals surface area contributed by atoms with Crippen LogP contribution >= 0.6 is 0 Å². The quantitative estimate of drug-likeness (QED) is 0.653. The maximum Gasteiger partial charge on any atom is 0.172 e. The number of carbonyl (C=O) groups is 2. The molecule has 5 nitrogen and oxygen atoms in total. The lowest BCUT2D eigenvalue weighted by Gasteiger charge is -2.15. The SMILES string of the molecule is O=C(CC(C(=O)c1cccnc1)c1cccnc1)c1cccnc1. The lowest BCUT2D eigenvalue weighted by molar-refractivity contribution is 0.0893. The number of carbonyl (C=O) groups excluding carboxylic acids is 2. The normalized spacial score (nSPS) is 11.7. The summed E-state index contributed by atoms with van der Waals surface area (Å²) in [5.41, 5.74) is 1.68. The molecule has 118 valence electrons. The van der Waals surface area contributed by atoms with Crippen LogP contribution in [0.4, 0.5) is 0 Å². The number of pyridine rings is 3. The van der Waals surface area contributed by atoms with Gasteiger partial charge in [0, 0.05) is 54.7 Å². The summed E-state index contributed by atoms with van der Waals surface area (Å²) in [5, 5.41) is 0. The van der Waals surface area contributed by atoms with Crippen LogP contribution in [0.1, 0.15) is 38.6 Å². The van der Waals surface area contributed by atoms with E-state index in [1.807, 2.05) is 6.07 Å². The van der Waals surface area contributed by atoms with Crippen molar-refractivity contribution in [3.8, 4) is 0 Å². The van der Waals surface area contributed by atoms with Crippen molar-refractivity contribution in [3.63, 3.8) is 0 Å². The minimum atomic E-state index is -0.601. The molecule has 0 radical (unpaired) electrons. The van der Waals surface area contributed by atoms with Gasteiger partial charge in [-0.1, -0.05) is 6.07 Å². The predicted molar refractivity (Wildman–Crippen MR) is 88.7 cm³/mol. The van der Waals surface area contributed by atoms with Gasteiger partial charge >= 0.3 is 0 Å². The molecule has 0 bridgehead atoms. The smallest absolute Gasteiger partial charge is 0.172 e. The molecule has 0 aliphatic rings. The van der Waals surface area contributed by atoms with Crippen LogP contribution in [0.2, 0.25) is 0 Å². The van der Waals surface area contributed by atoms with Crippen molar-refractivity contribution in [2.24, 2.45) is 0 Å². The second-order valence-corrected chi connectivity index (χ2v) is 5.31. The van der Waals surface area contributed by atoms with Crippen molar-refractivity contribution in [2.75, 3.05) is 0 Å². The number of Topliss-reactive ketones (excluding diaryl/α,β-unsaturated/α-hetero) is 2. The van der Waals surface area contributed by atoms with E-state index in [1.165, 1.54) is 12.4 Å². The van der Waals surface area contributed by atoms with E-state index in [4.69, 9.17) is 0 Å². The summed E-state index contributed by atoms with van der Waals surface area (Å²) in [7, 11) is 0. The van der Waals surface area contributed by atoms with Gasteiger partial charge in [-0.05, 0) is 35.9 Å². The highest BCUT2D eigenvalue weighted by Crippen LogP contribution is 2.25. The Morgan fingerprint density at radius 2 is 1.38 bits per heavy atom.